The van der Waals surface area contributed by atoms with Crippen LogP contribution in [0.3, 0.4) is 0 Å². The molecule has 1 amide bonds. The van der Waals surface area contributed by atoms with Crippen molar-refractivity contribution in [2.45, 2.75) is 63.7 Å². The molecule has 0 saturated carbocycles. The number of hydrogen-bond donors (Lipinski definition) is 4. The zero-order valence-corrected chi connectivity index (χ0v) is 23.4. The van der Waals surface area contributed by atoms with Crippen LogP contribution < -0.4 is 20.3 Å². The van der Waals surface area contributed by atoms with Crippen molar-refractivity contribution in [2.75, 3.05) is 42.6 Å². The van der Waals surface area contributed by atoms with Crippen molar-refractivity contribution in [1.29, 1.82) is 0 Å². The molecule has 2 aliphatic rings. The second-order valence-electron chi connectivity index (χ2n) is 10.1. The van der Waals surface area contributed by atoms with E-state index >= 15 is 0 Å². The van der Waals surface area contributed by atoms with E-state index in [0.717, 1.165) is 26.2 Å². The van der Waals surface area contributed by atoms with E-state index in [0.29, 0.717) is 12.4 Å². The molecule has 2 fully saturated rings. The van der Waals surface area contributed by atoms with Gasteiger partial charge >= 0.3 is 10.3 Å². The Labute approximate surface area is 233 Å². The van der Waals surface area contributed by atoms with Crippen molar-refractivity contribution in [2.24, 2.45) is 11.7 Å². The molecule has 6 atom stereocenters. The van der Waals surface area contributed by atoms with Gasteiger partial charge in [0, 0.05) is 31.9 Å². The number of amides is 1. The summed E-state index contributed by atoms with van der Waals surface area (Å²) in [6, 6.07) is 9.17. The molecule has 0 bridgehead atoms. The van der Waals surface area contributed by atoms with Crippen molar-refractivity contribution in [1.82, 2.24) is 24.9 Å². The molecule has 40 heavy (non-hydrogen) atoms. The molecule has 0 aliphatic carbocycles. The quantitative estimate of drug-likeness (QED) is 0.229. The number of anilines is 2. The standard InChI is InChI=1S/C24H38N8O7S/c1-3-16(2)20(25)23(35)28-40(36,37)38-15-19-22(34)21(33)18(39-19)9-10-32-27-24(26-29-32)31-13-11-30(12-14-31)17-7-5-4-6-8-17/h4-8,16,18-22,33-34H,3,9-15,25H2,1-2H3,(H,28,35)/t16-,18-,19+,20-,21-,22+/m0/s1. The van der Waals surface area contributed by atoms with Gasteiger partial charge in [-0.05, 0) is 29.7 Å². The number of rotatable bonds is 12. The van der Waals surface area contributed by atoms with Crippen LogP contribution in [0.5, 0.6) is 0 Å². The molecule has 222 valence electrons. The summed E-state index contributed by atoms with van der Waals surface area (Å²) in [4.78, 5) is 17.8. The van der Waals surface area contributed by atoms with Gasteiger partial charge in [0.1, 0.15) is 18.3 Å². The van der Waals surface area contributed by atoms with E-state index in [9.17, 15) is 23.4 Å². The summed E-state index contributed by atoms with van der Waals surface area (Å²) in [5, 5.41) is 33.4. The van der Waals surface area contributed by atoms with Crippen molar-refractivity contribution in [3.05, 3.63) is 30.3 Å². The second kappa shape index (κ2) is 13.2. The molecule has 2 aliphatic heterocycles. The highest BCUT2D eigenvalue weighted by molar-refractivity contribution is 7.85. The van der Waals surface area contributed by atoms with Gasteiger partial charge in [-0.15, -0.1) is 5.10 Å². The average molecular weight is 583 g/mol. The predicted octanol–water partition coefficient (Wildman–Crippen LogP) is -1.37. The molecule has 16 heteroatoms. The highest BCUT2D eigenvalue weighted by atomic mass is 32.2. The summed E-state index contributed by atoms with van der Waals surface area (Å²) in [6.45, 7) is 6.34. The maximum atomic E-state index is 12.2. The number of aliphatic hydroxyl groups is 2. The number of carbonyl (C=O) groups is 1. The van der Waals surface area contributed by atoms with E-state index in [2.05, 4.69) is 37.3 Å². The average Bonchev–Trinajstić information content (AvgIpc) is 3.54. The van der Waals surface area contributed by atoms with Crippen molar-refractivity contribution in [3.8, 4) is 0 Å². The Morgan fingerprint density at radius 2 is 1.80 bits per heavy atom. The van der Waals surface area contributed by atoms with Crippen LogP contribution in [0, 0.1) is 5.92 Å². The van der Waals surface area contributed by atoms with Gasteiger partial charge in [-0.3, -0.25) is 8.98 Å². The van der Waals surface area contributed by atoms with Gasteiger partial charge in [-0.2, -0.15) is 13.2 Å². The Morgan fingerprint density at radius 3 is 2.48 bits per heavy atom. The Hall–Kier alpha value is -2.89. The normalized spacial score (nSPS) is 25.1. The third-order valence-electron chi connectivity index (χ3n) is 7.37. The predicted molar refractivity (Wildman–Crippen MR) is 144 cm³/mol. The van der Waals surface area contributed by atoms with Gasteiger partial charge in [0.25, 0.3) is 11.9 Å². The minimum Gasteiger partial charge on any atom is -0.388 e. The highest BCUT2D eigenvalue weighted by Crippen LogP contribution is 2.25. The van der Waals surface area contributed by atoms with E-state index in [4.69, 9.17) is 14.7 Å². The Morgan fingerprint density at radius 1 is 1.15 bits per heavy atom. The van der Waals surface area contributed by atoms with Crippen LogP contribution >= 0.6 is 0 Å². The summed E-state index contributed by atoms with van der Waals surface area (Å²) in [7, 11) is -4.49. The van der Waals surface area contributed by atoms with Crippen LogP contribution in [0.1, 0.15) is 26.7 Å². The molecule has 15 nitrogen and oxygen atoms in total. The maximum Gasteiger partial charge on any atom is 0.362 e. The van der Waals surface area contributed by atoms with E-state index in [1.54, 1.807) is 11.6 Å². The molecule has 0 unspecified atom stereocenters. The number of benzene rings is 1. The van der Waals surface area contributed by atoms with Crippen LogP contribution in [0.25, 0.3) is 0 Å². The molecule has 2 aromatic rings. The summed E-state index contributed by atoms with van der Waals surface area (Å²) in [5.41, 5.74) is 6.93. The fraction of sp³-hybridized carbons (Fsp3) is 0.667. The topological polar surface area (TPSA) is 198 Å². The number of tetrazole rings is 1. The fourth-order valence-corrected chi connectivity index (χ4v) is 5.35. The number of hydrogen-bond acceptors (Lipinski definition) is 13. The Balaban J connectivity index is 1.22. The first-order chi connectivity index (χ1) is 19.1. The van der Waals surface area contributed by atoms with Crippen LogP contribution in [0.15, 0.2) is 30.3 Å². The third kappa shape index (κ3) is 7.44. The lowest BCUT2D eigenvalue weighted by molar-refractivity contribution is -0.121. The highest BCUT2D eigenvalue weighted by Gasteiger charge is 2.43. The number of para-hydroxylation sites is 1. The molecule has 4 rings (SSSR count). The lowest BCUT2D eigenvalue weighted by atomic mass is 10.00. The summed E-state index contributed by atoms with van der Waals surface area (Å²) in [6.07, 6.45) is -3.79. The van der Waals surface area contributed by atoms with E-state index in [1.807, 2.05) is 25.1 Å². The van der Waals surface area contributed by atoms with Crippen LogP contribution in [-0.2, 0) is 30.6 Å². The molecule has 1 aromatic heterocycles. The Kier molecular flexibility index (Phi) is 9.91. The van der Waals surface area contributed by atoms with E-state index in [1.165, 1.54) is 10.5 Å². The van der Waals surface area contributed by atoms with Gasteiger partial charge < -0.3 is 30.5 Å². The number of aromatic nitrogens is 4. The number of aryl methyl sites for hydroxylation is 1. The third-order valence-corrected chi connectivity index (χ3v) is 8.27. The lowest BCUT2D eigenvalue weighted by Crippen LogP contribution is -2.47. The first-order valence-electron chi connectivity index (χ1n) is 13.4. The molecule has 0 spiro atoms. The number of nitrogens with zero attached hydrogens (tertiary/aromatic N) is 6. The van der Waals surface area contributed by atoms with Crippen molar-refractivity contribution in [3.63, 3.8) is 0 Å². The molecule has 5 N–H and O–H groups in total. The molecule has 3 heterocycles. The molecular weight excluding hydrogens is 544 g/mol. The molecular formula is C24H38N8O7S. The fourth-order valence-electron chi connectivity index (χ4n) is 4.59. The first-order valence-corrected chi connectivity index (χ1v) is 14.8. The number of aliphatic hydroxyl groups excluding tert-OH is 2. The molecule has 2 saturated heterocycles. The Bertz CT molecular complexity index is 1210. The zero-order chi connectivity index (χ0) is 28.9. The van der Waals surface area contributed by atoms with Crippen molar-refractivity contribution >= 4 is 27.8 Å². The molecule has 0 radical (unpaired) electrons. The smallest absolute Gasteiger partial charge is 0.362 e. The monoisotopic (exact) mass is 582 g/mol. The van der Waals surface area contributed by atoms with Crippen LogP contribution in [-0.4, -0.2) is 108 Å². The lowest BCUT2D eigenvalue weighted by Gasteiger charge is -2.35. The minimum absolute atomic E-state index is 0.230. The number of nitrogens with one attached hydrogen (secondary N) is 1. The number of ether oxygens (including phenoxy) is 1. The zero-order valence-electron chi connectivity index (χ0n) is 22.6. The number of nitrogens with two attached hydrogens (primary N) is 1. The summed E-state index contributed by atoms with van der Waals surface area (Å²) < 4.78 is 36.6. The van der Waals surface area contributed by atoms with Crippen LogP contribution in [0.2, 0.25) is 0 Å². The largest absolute Gasteiger partial charge is 0.388 e. The van der Waals surface area contributed by atoms with E-state index < -0.39 is 53.3 Å². The van der Waals surface area contributed by atoms with Crippen LogP contribution in [0.4, 0.5) is 11.6 Å². The van der Waals surface area contributed by atoms with Crippen molar-refractivity contribution < 1.29 is 32.3 Å². The van der Waals surface area contributed by atoms with Gasteiger partial charge in [-0.25, -0.2) is 4.72 Å². The maximum absolute atomic E-state index is 12.2. The van der Waals surface area contributed by atoms with Gasteiger partial charge in [0.05, 0.1) is 25.3 Å². The summed E-state index contributed by atoms with van der Waals surface area (Å²) >= 11 is 0. The number of piperazine rings is 1. The SMILES string of the molecule is CC[C@H](C)[C@H](N)C(=O)NS(=O)(=O)OC[C@H]1O[C@@H](CCn2nnc(N3CCN(c4ccccc4)CC3)n2)[C@H](O)[C@@H]1O. The number of carbonyl (C=O) groups excluding carboxylic acids is 1. The summed E-state index contributed by atoms with van der Waals surface area (Å²) in [5.74, 6) is -0.614. The van der Waals surface area contributed by atoms with E-state index in [-0.39, 0.29) is 18.9 Å². The van der Waals surface area contributed by atoms with Gasteiger partial charge in [0.2, 0.25) is 0 Å². The first kappa shape index (κ1) is 30.1. The second-order valence-corrected chi connectivity index (χ2v) is 11.4. The van der Waals surface area contributed by atoms with Gasteiger partial charge in [0.15, 0.2) is 0 Å². The minimum atomic E-state index is -4.49. The molecule has 1 aromatic carbocycles. The van der Waals surface area contributed by atoms with Gasteiger partial charge in [-0.1, -0.05) is 43.6 Å².